The first-order valence-electron chi connectivity index (χ1n) is 11.0. The van der Waals surface area contributed by atoms with Crippen LogP contribution >= 0.6 is 0 Å². The van der Waals surface area contributed by atoms with Crippen LogP contribution in [0.15, 0.2) is 48.8 Å². The number of amides is 1. The van der Waals surface area contributed by atoms with E-state index in [-0.39, 0.29) is 36.7 Å². The van der Waals surface area contributed by atoms with Crippen molar-refractivity contribution in [1.82, 2.24) is 19.4 Å². The molecule has 9 heteroatoms. The Kier molecular flexibility index (Phi) is 6.67. The summed E-state index contributed by atoms with van der Waals surface area (Å²) in [5.41, 5.74) is 1.97. The molecule has 2 aromatic heterocycles. The SMILES string of the molecule is CC[C@@H]1CN(C(=O)OCc2ccccc2)C[C@@H]1C(=O)CNc1cnc2c(ccn2C(C)=O)n1. The van der Waals surface area contributed by atoms with Crippen LogP contribution in [-0.4, -0.2) is 56.9 Å². The molecular formula is C24H27N5O4. The largest absolute Gasteiger partial charge is 0.445 e. The molecule has 4 rings (SSSR count). The number of ketones is 1. The Morgan fingerprint density at radius 3 is 2.67 bits per heavy atom. The molecule has 1 fully saturated rings. The molecule has 9 nitrogen and oxygen atoms in total. The summed E-state index contributed by atoms with van der Waals surface area (Å²) in [6.07, 6.45) is 3.53. The molecule has 33 heavy (non-hydrogen) atoms. The van der Waals surface area contributed by atoms with Gasteiger partial charge in [0.1, 0.15) is 17.9 Å². The fourth-order valence-corrected chi connectivity index (χ4v) is 4.17. The third-order valence-electron chi connectivity index (χ3n) is 6.01. The van der Waals surface area contributed by atoms with E-state index in [1.54, 1.807) is 17.2 Å². The van der Waals surface area contributed by atoms with E-state index in [4.69, 9.17) is 4.74 Å². The van der Waals surface area contributed by atoms with Crippen LogP contribution in [0.5, 0.6) is 0 Å². The summed E-state index contributed by atoms with van der Waals surface area (Å²) >= 11 is 0. The van der Waals surface area contributed by atoms with Crippen molar-refractivity contribution >= 4 is 34.8 Å². The Labute approximate surface area is 191 Å². The highest BCUT2D eigenvalue weighted by Crippen LogP contribution is 2.28. The Balaban J connectivity index is 1.34. The fourth-order valence-electron chi connectivity index (χ4n) is 4.17. The highest BCUT2D eigenvalue weighted by molar-refractivity contribution is 5.89. The normalized spacial score (nSPS) is 17.8. The summed E-state index contributed by atoms with van der Waals surface area (Å²) in [7, 11) is 0. The van der Waals surface area contributed by atoms with Gasteiger partial charge in [-0.2, -0.15) is 0 Å². The Bertz CT molecular complexity index is 1160. The molecule has 0 spiro atoms. The first-order valence-corrected chi connectivity index (χ1v) is 11.0. The van der Waals surface area contributed by atoms with Gasteiger partial charge in [-0.15, -0.1) is 0 Å². The van der Waals surface area contributed by atoms with Crippen LogP contribution < -0.4 is 5.32 Å². The topological polar surface area (TPSA) is 106 Å². The minimum absolute atomic E-state index is 0.0170. The molecule has 1 aliphatic rings. The van der Waals surface area contributed by atoms with Crippen molar-refractivity contribution in [2.24, 2.45) is 11.8 Å². The molecule has 1 saturated heterocycles. The number of carbonyl (C=O) groups excluding carboxylic acids is 3. The number of carbonyl (C=O) groups is 3. The van der Waals surface area contributed by atoms with Gasteiger partial charge in [-0.3, -0.25) is 14.2 Å². The van der Waals surface area contributed by atoms with Gasteiger partial charge < -0.3 is 15.0 Å². The van der Waals surface area contributed by atoms with E-state index in [0.29, 0.717) is 30.1 Å². The van der Waals surface area contributed by atoms with Crippen LogP contribution in [-0.2, 0) is 16.1 Å². The number of aromatic nitrogens is 3. The molecule has 1 aromatic carbocycles. The van der Waals surface area contributed by atoms with Gasteiger partial charge in [-0.05, 0) is 17.5 Å². The van der Waals surface area contributed by atoms with Crippen LogP contribution in [0.1, 0.15) is 30.6 Å². The van der Waals surface area contributed by atoms with Crippen LogP contribution in [0.2, 0.25) is 0 Å². The fraction of sp³-hybridized carbons (Fsp3) is 0.375. The molecule has 0 saturated carbocycles. The zero-order valence-electron chi connectivity index (χ0n) is 18.7. The summed E-state index contributed by atoms with van der Waals surface area (Å²) in [6.45, 7) is 4.62. The van der Waals surface area contributed by atoms with Gasteiger partial charge in [0.05, 0.1) is 12.7 Å². The van der Waals surface area contributed by atoms with Gasteiger partial charge in [0, 0.05) is 32.1 Å². The zero-order chi connectivity index (χ0) is 23.4. The van der Waals surface area contributed by atoms with Gasteiger partial charge in [-0.1, -0.05) is 43.7 Å². The maximum Gasteiger partial charge on any atom is 0.410 e. The van der Waals surface area contributed by atoms with E-state index in [0.717, 1.165) is 12.0 Å². The number of benzene rings is 1. The molecule has 2 atom stereocenters. The lowest BCUT2D eigenvalue weighted by Gasteiger charge is -2.16. The average molecular weight is 450 g/mol. The first-order chi connectivity index (χ1) is 16.0. The predicted molar refractivity (Wildman–Crippen MR) is 123 cm³/mol. The second-order valence-corrected chi connectivity index (χ2v) is 8.21. The Hall–Kier alpha value is -3.75. The minimum atomic E-state index is -0.396. The maximum atomic E-state index is 13.0. The summed E-state index contributed by atoms with van der Waals surface area (Å²) in [6, 6.07) is 11.2. The van der Waals surface area contributed by atoms with Gasteiger partial charge >= 0.3 is 6.09 Å². The number of fused-ring (bicyclic) bond motifs is 1. The van der Waals surface area contributed by atoms with E-state index in [1.807, 2.05) is 37.3 Å². The molecule has 0 unspecified atom stereocenters. The number of nitrogens with zero attached hydrogens (tertiary/aromatic N) is 4. The Morgan fingerprint density at radius 1 is 1.15 bits per heavy atom. The van der Waals surface area contributed by atoms with E-state index >= 15 is 0 Å². The van der Waals surface area contributed by atoms with Crippen molar-refractivity contribution in [2.75, 3.05) is 25.0 Å². The lowest BCUT2D eigenvalue weighted by Crippen LogP contribution is -2.32. The van der Waals surface area contributed by atoms with Crippen LogP contribution in [0, 0.1) is 11.8 Å². The second-order valence-electron chi connectivity index (χ2n) is 8.21. The molecule has 1 aliphatic heterocycles. The monoisotopic (exact) mass is 449 g/mol. The van der Waals surface area contributed by atoms with Crippen molar-refractivity contribution in [3.63, 3.8) is 0 Å². The lowest BCUT2D eigenvalue weighted by molar-refractivity contribution is -0.121. The third-order valence-corrected chi connectivity index (χ3v) is 6.01. The molecular weight excluding hydrogens is 422 g/mol. The molecule has 1 N–H and O–H groups in total. The summed E-state index contributed by atoms with van der Waals surface area (Å²) < 4.78 is 6.86. The van der Waals surface area contributed by atoms with Gasteiger partial charge in [0.25, 0.3) is 0 Å². The second kappa shape index (κ2) is 9.81. The molecule has 0 aliphatic carbocycles. The van der Waals surface area contributed by atoms with E-state index < -0.39 is 6.09 Å². The molecule has 172 valence electrons. The average Bonchev–Trinajstić information content (AvgIpc) is 3.46. The lowest BCUT2D eigenvalue weighted by atomic mass is 9.90. The van der Waals surface area contributed by atoms with Crippen LogP contribution in [0.25, 0.3) is 11.2 Å². The Morgan fingerprint density at radius 2 is 1.94 bits per heavy atom. The third kappa shape index (κ3) is 5.02. The van der Waals surface area contributed by atoms with Crippen LogP contribution in [0.4, 0.5) is 10.6 Å². The highest BCUT2D eigenvalue weighted by Gasteiger charge is 2.38. The molecule has 1 amide bonds. The van der Waals surface area contributed by atoms with Crippen molar-refractivity contribution in [3.05, 3.63) is 54.4 Å². The van der Waals surface area contributed by atoms with Gasteiger partial charge in [0.2, 0.25) is 5.91 Å². The molecule has 3 aromatic rings. The number of rotatable bonds is 7. The number of hydrogen-bond donors (Lipinski definition) is 1. The van der Waals surface area contributed by atoms with Gasteiger partial charge in [0.15, 0.2) is 11.4 Å². The number of Topliss-reactive ketones (excluding diaryl/α,β-unsaturated/α-hetero) is 1. The van der Waals surface area contributed by atoms with Crippen LogP contribution in [0.3, 0.4) is 0 Å². The van der Waals surface area contributed by atoms with Crippen molar-refractivity contribution in [1.29, 1.82) is 0 Å². The molecule has 0 bridgehead atoms. The molecule has 3 heterocycles. The number of ether oxygens (including phenoxy) is 1. The van der Waals surface area contributed by atoms with E-state index in [1.165, 1.54) is 17.7 Å². The van der Waals surface area contributed by atoms with Gasteiger partial charge in [-0.25, -0.2) is 14.8 Å². The summed E-state index contributed by atoms with van der Waals surface area (Å²) in [5.74, 6) is 0.156. The number of nitrogens with one attached hydrogen (secondary N) is 1. The standard InChI is InChI=1S/C24H27N5O4/c1-3-18-13-28(24(32)33-15-17-7-5-4-6-8-17)14-19(18)21(31)11-25-22-12-26-23-20(27-22)9-10-29(23)16(2)30/h4-10,12,18-19H,3,11,13-15H2,1-2H3,(H,25,27)/t18-,19+/m1/s1. The highest BCUT2D eigenvalue weighted by atomic mass is 16.6. The quantitative estimate of drug-likeness (QED) is 0.589. The van der Waals surface area contributed by atoms with Crippen molar-refractivity contribution in [2.45, 2.75) is 26.9 Å². The summed E-state index contributed by atoms with van der Waals surface area (Å²) in [4.78, 5) is 47.4. The smallest absolute Gasteiger partial charge is 0.410 e. The van der Waals surface area contributed by atoms with Crippen molar-refractivity contribution < 1.29 is 19.1 Å². The predicted octanol–water partition coefficient (Wildman–Crippen LogP) is 3.37. The number of hydrogen-bond acceptors (Lipinski definition) is 7. The minimum Gasteiger partial charge on any atom is -0.445 e. The number of likely N-dealkylation sites (tertiary alicyclic amines) is 1. The first kappa shape index (κ1) is 22.4. The van der Waals surface area contributed by atoms with Crippen molar-refractivity contribution in [3.8, 4) is 0 Å². The maximum absolute atomic E-state index is 13.0. The summed E-state index contributed by atoms with van der Waals surface area (Å²) in [5, 5.41) is 3.04. The number of anilines is 1. The van der Waals surface area contributed by atoms with E-state index in [9.17, 15) is 14.4 Å². The molecule has 0 radical (unpaired) electrons. The zero-order valence-corrected chi connectivity index (χ0v) is 18.7. The van der Waals surface area contributed by atoms with E-state index in [2.05, 4.69) is 15.3 Å².